The maximum atomic E-state index is 12.6. The minimum atomic E-state index is -0.00477. The molecule has 0 unspecified atom stereocenters. The zero-order valence-electron chi connectivity index (χ0n) is 16.3. The van der Waals surface area contributed by atoms with Crippen LogP contribution in [0.2, 0.25) is 0 Å². The number of benzene rings is 4. The molecule has 5 rings (SSSR count). The number of aromatic nitrogens is 1. The molecule has 1 heterocycles. The predicted molar refractivity (Wildman–Crippen MR) is 124 cm³/mol. The third-order valence-electron chi connectivity index (χ3n) is 5.29. The van der Waals surface area contributed by atoms with Crippen molar-refractivity contribution >= 4 is 33.7 Å². The second kappa shape index (κ2) is 7.76. The number of hydrogen-bond acceptors (Lipinski definition) is 2. The maximum Gasteiger partial charge on any atom is 0.185 e. The van der Waals surface area contributed by atoms with E-state index in [1.54, 1.807) is 6.08 Å². The largest absolute Gasteiger partial charge is 0.289 e. The van der Waals surface area contributed by atoms with Crippen LogP contribution in [0.5, 0.6) is 0 Å². The first-order chi connectivity index (χ1) is 14.8. The Morgan fingerprint density at radius 3 is 1.90 bits per heavy atom. The zero-order chi connectivity index (χ0) is 20.3. The Kier molecular flexibility index (Phi) is 4.66. The van der Waals surface area contributed by atoms with E-state index in [1.807, 2.05) is 91.0 Å². The lowest BCUT2D eigenvalue weighted by atomic mass is 9.92. The maximum absolute atomic E-state index is 12.6. The highest BCUT2D eigenvalue weighted by Gasteiger charge is 2.13. The first kappa shape index (κ1) is 18.0. The Morgan fingerprint density at radius 2 is 1.20 bits per heavy atom. The minimum Gasteiger partial charge on any atom is -0.289 e. The van der Waals surface area contributed by atoms with Crippen molar-refractivity contribution < 1.29 is 4.79 Å². The number of carbonyl (C=O) groups excluding carboxylic acids is 1. The molecule has 0 atom stereocenters. The zero-order valence-corrected chi connectivity index (χ0v) is 16.3. The summed E-state index contributed by atoms with van der Waals surface area (Å²) in [5.41, 5.74) is 5.85. The second-order valence-electron chi connectivity index (χ2n) is 7.17. The van der Waals surface area contributed by atoms with Gasteiger partial charge >= 0.3 is 0 Å². The molecule has 0 amide bonds. The van der Waals surface area contributed by atoms with Gasteiger partial charge in [-0.2, -0.15) is 0 Å². The van der Waals surface area contributed by atoms with E-state index in [4.69, 9.17) is 4.98 Å². The van der Waals surface area contributed by atoms with Crippen LogP contribution in [-0.4, -0.2) is 10.8 Å². The lowest BCUT2D eigenvalue weighted by molar-refractivity contribution is 0.104. The Morgan fingerprint density at radius 1 is 0.633 bits per heavy atom. The topological polar surface area (TPSA) is 30.0 Å². The van der Waals surface area contributed by atoms with Crippen molar-refractivity contribution in [3.63, 3.8) is 0 Å². The Bertz CT molecular complexity index is 1350. The fourth-order valence-electron chi connectivity index (χ4n) is 3.86. The summed E-state index contributed by atoms with van der Waals surface area (Å²) in [5, 5.41) is 2.21. The smallest absolute Gasteiger partial charge is 0.185 e. The molecule has 5 aromatic rings. The predicted octanol–water partition coefficient (Wildman–Crippen LogP) is 6.95. The average Bonchev–Trinajstić information content (AvgIpc) is 2.82. The van der Waals surface area contributed by atoms with Crippen molar-refractivity contribution in [2.24, 2.45) is 0 Å². The summed E-state index contributed by atoms with van der Waals surface area (Å²) >= 11 is 0. The van der Waals surface area contributed by atoms with Crippen molar-refractivity contribution in [1.82, 2.24) is 4.98 Å². The Labute approximate surface area is 175 Å². The molecule has 0 spiro atoms. The van der Waals surface area contributed by atoms with Crippen LogP contribution in [0.1, 0.15) is 15.9 Å². The van der Waals surface area contributed by atoms with Crippen molar-refractivity contribution in [3.8, 4) is 11.1 Å². The van der Waals surface area contributed by atoms with Crippen molar-refractivity contribution in [1.29, 1.82) is 0 Å². The van der Waals surface area contributed by atoms with E-state index in [1.165, 1.54) is 0 Å². The summed E-state index contributed by atoms with van der Waals surface area (Å²) in [6.07, 6.45) is 3.56. The van der Waals surface area contributed by atoms with E-state index in [0.717, 1.165) is 38.5 Å². The molecule has 0 aliphatic rings. The molecule has 142 valence electrons. The van der Waals surface area contributed by atoms with Gasteiger partial charge in [0.05, 0.1) is 11.0 Å². The van der Waals surface area contributed by atoms with Crippen LogP contribution < -0.4 is 0 Å². The fourth-order valence-corrected chi connectivity index (χ4v) is 3.86. The van der Waals surface area contributed by atoms with Crippen LogP contribution in [0.25, 0.3) is 39.0 Å². The van der Waals surface area contributed by atoms with Gasteiger partial charge in [0.15, 0.2) is 5.78 Å². The number of allylic oxidation sites excluding steroid dienone is 1. The van der Waals surface area contributed by atoms with Crippen molar-refractivity contribution in [2.45, 2.75) is 0 Å². The van der Waals surface area contributed by atoms with E-state index in [9.17, 15) is 4.79 Å². The van der Waals surface area contributed by atoms with Crippen LogP contribution in [0.3, 0.4) is 0 Å². The molecule has 4 aromatic carbocycles. The third kappa shape index (κ3) is 3.29. The SMILES string of the molecule is O=C(C=Cc1ccccc1-c1c2ccccc2nc2ccccc12)c1ccccc1. The molecule has 0 saturated heterocycles. The number of ketones is 1. The third-order valence-corrected chi connectivity index (χ3v) is 5.29. The lowest BCUT2D eigenvalue weighted by Gasteiger charge is -2.13. The summed E-state index contributed by atoms with van der Waals surface area (Å²) in [6.45, 7) is 0. The molecule has 0 bridgehead atoms. The summed E-state index contributed by atoms with van der Waals surface area (Å²) in [7, 11) is 0. The van der Waals surface area contributed by atoms with Crippen molar-refractivity contribution in [3.05, 3.63) is 120 Å². The monoisotopic (exact) mass is 385 g/mol. The second-order valence-corrected chi connectivity index (χ2v) is 7.17. The summed E-state index contributed by atoms with van der Waals surface area (Å²) in [5.74, 6) is -0.00477. The highest BCUT2D eigenvalue weighted by Crippen LogP contribution is 2.36. The Balaban J connectivity index is 1.70. The highest BCUT2D eigenvalue weighted by atomic mass is 16.1. The molecular formula is C28H19NO. The molecule has 0 aliphatic heterocycles. The number of hydrogen-bond donors (Lipinski definition) is 0. The van der Waals surface area contributed by atoms with Gasteiger partial charge < -0.3 is 0 Å². The molecule has 0 N–H and O–H groups in total. The van der Waals surface area contributed by atoms with E-state index in [0.29, 0.717) is 5.56 Å². The number of para-hydroxylation sites is 2. The molecular weight excluding hydrogens is 366 g/mol. The molecule has 2 nitrogen and oxygen atoms in total. The van der Waals surface area contributed by atoms with Crippen LogP contribution in [0.4, 0.5) is 0 Å². The van der Waals surface area contributed by atoms with Gasteiger partial charge in [0.25, 0.3) is 0 Å². The lowest BCUT2D eigenvalue weighted by Crippen LogP contribution is -1.94. The van der Waals surface area contributed by atoms with Gasteiger partial charge in [-0.3, -0.25) is 4.79 Å². The molecule has 30 heavy (non-hydrogen) atoms. The molecule has 0 aliphatic carbocycles. The van der Waals surface area contributed by atoms with Crippen LogP contribution in [0, 0.1) is 0 Å². The van der Waals surface area contributed by atoms with Gasteiger partial charge in [-0.1, -0.05) is 97.1 Å². The van der Waals surface area contributed by atoms with E-state index in [-0.39, 0.29) is 5.78 Å². The highest BCUT2D eigenvalue weighted by molar-refractivity contribution is 6.11. The molecule has 2 heteroatoms. The molecule has 0 fully saturated rings. The van der Waals surface area contributed by atoms with Gasteiger partial charge in [-0.15, -0.1) is 0 Å². The standard InChI is InChI=1S/C28H19NO/c30-27(21-11-2-1-3-12-21)19-18-20-10-4-5-13-22(20)28-23-14-6-8-16-25(23)29-26-17-9-7-15-24(26)28/h1-19H. The van der Waals surface area contributed by atoms with E-state index in [2.05, 4.69) is 18.2 Å². The summed E-state index contributed by atoms with van der Waals surface area (Å²) in [4.78, 5) is 17.4. The van der Waals surface area contributed by atoms with E-state index >= 15 is 0 Å². The van der Waals surface area contributed by atoms with Crippen LogP contribution >= 0.6 is 0 Å². The normalized spacial score (nSPS) is 11.3. The first-order valence-corrected chi connectivity index (χ1v) is 9.95. The van der Waals surface area contributed by atoms with Gasteiger partial charge in [0, 0.05) is 21.9 Å². The first-order valence-electron chi connectivity index (χ1n) is 9.95. The van der Waals surface area contributed by atoms with Crippen LogP contribution in [0.15, 0.2) is 109 Å². The van der Waals surface area contributed by atoms with Gasteiger partial charge in [-0.05, 0) is 29.3 Å². The summed E-state index contributed by atoms with van der Waals surface area (Å²) in [6, 6.07) is 34.0. The summed E-state index contributed by atoms with van der Waals surface area (Å²) < 4.78 is 0. The molecule has 1 aromatic heterocycles. The quantitative estimate of drug-likeness (QED) is 0.190. The van der Waals surface area contributed by atoms with Crippen LogP contribution in [-0.2, 0) is 0 Å². The fraction of sp³-hybridized carbons (Fsp3) is 0. The molecule has 0 saturated carbocycles. The number of carbonyl (C=O) groups is 1. The Hall–Kier alpha value is -4.04. The number of nitrogens with zero attached hydrogens (tertiary/aromatic N) is 1. The number of rotatable bonds is 4. The van der Waals surface area contributed by atoms with Gasteiger partial charge in [-0.25, -0.2) is 4.98 Å². The number of fused-ring (bicyclic) bond motifs is 2. The van der Waals surface area contributed by atoms with Gasteiger partial charge in [0.1, 0.15) is 0 Å². The van der Waals surface area contributed by atoms with E-state index < -0.39 is 0 Å². The average molecular weight is 385 g/mol. The number of pyridine rings is 1. The van der Waals surface area contributed by atoms with Gasteiger partial charge in [0.2, 0.25) is 0 Å². The molecule has 0 radical (unpaired) electrons. The van der Waals surface area contributed by atoms with Crippen molar-refractivity contribution in [2.75, 3.05) is 0 Å². The minimum absolute atomic E-state index is 0.00477.